The fraction of sp³-hybridized carbons (Fsp3) is 0.727. The van der Waals surface area contributed by atoms with Crippen LogP contribution < -0.4 is 0 Å². The third-order valence-electron chi connectivity index (χ3n) is 2.95. The Balaban J connectivity index is 2.40. The average molecular weight is 198 g/mol. The number of carboxylic acids is 1. The normalized spacial score (nSPS) is 25.6. The molecule has 0 aromatic heterocycles. The fourth-order valence-corrected chi connectivity index (χ4v) is 1.63. The van der Waals surface area contributed by atoms with Gasteiger partial charge in [-0.05, 0) is 32.6 Å². The van der Waals surface area contributed by atoms with E-state index < -0.39 is 11.4 Å². The molecule has 0 radical (unpaired) electrons. The van der Waals surface area contributed by atoms with Crippen LogP contribution in [0.15, 0.2) is 12.7 Å². The van der Waals surface area contributed by atoms with Crippen molar-refractivity contribution in [2.45, 2.75) is 38.7 Å². The first-order valence-corrected chi connectivity index (χ1v) is 5.07. The molecule has 1 aliphatic rings. The number of aliphatic carboxylic acids is 1. The van der Waals surface area contributed by atoms with Gasteiger partial charge in [-0.3, -0.25) is 4.79 Å². The van der Waals surface area contributed by atoms with Crippen LogP contribution in [-0.4, -0.2) is 23.8 Å². The summed E-state index contributed by atoms with van der Waals surface area (Å²) in [5.74, 6) is -0.800. The summed E-state index contributed by atoms with van der Waals surface area (Å²) in [7, 11) is 0. The molecule has 80 valence electrons. The van der Waals surface area contributed by atoms with Gasteiger partial charge in [0.2, 0.25) is 0 Å². The Morgan fingerprint density at radius 3 is 2.93 bits per heavy atom. The summed E-state index contributed by atoms with van der Waals surface area (Å²) in [6, 6.07) is 0. The molecule has 1 fully saturated rings. The molecule has 1 rings (SSSR count). The highest BCUT2D eigenvalue weighted by atomic mass is 16.5. The van der Waals surface area contributed by atoms with Crippen molar-refractivity contribution in [2.24, 2.45) is 5.41 Å². The molecular weight excluding hydrogens is 180 g/mol. The Morgan fingerprint density at radius 2 is 2.50 bits per heavy atom. The predicted octanol–water partition coefficient (Wildman–Crippen LogP) is 2.22. The molecule has 0 saturated carbocycles. The van der Waals surface area contributed by atoms with E-state index in [0.717, 1.165) is 25.9 Å². The average Bonchev–Trinajstić information content (AvgIpc) is 2.66. The minimum atomic E-state index is -0.800. The van der Waals surface area contributed by atoms with Crippen molar-refractivity contribution in [3.05, 3.63) is 12.7 Å². The molecule has 1 N–H and O–H groups in total. The number of carbonyl (C=O) groups is 1. The van der Waals surface area contributed by atoms with Crippen LogP contribution in [0.3, 0.4) is 0 Å². The first-order valence-electron chi connectivity index (χ1n) is 5.07. The molecule has 0 aliphatic carbocycles. The second-order valence-electron chi connectivity index (χ2n) is 4.10. The summed E-state index contributed by atoms with van der Waals surface area (Å²) in [5, 5.41) is 8.99. The van der Waals surface area contributed by atoms with Gasteiger partial charge in [-0.1, -0.05) is 6.08 Å². The lowest BCUT2D eigenvalue weighted by molar-refractivity contribution is -0.145. The lowest BCUT2D eigenvalue weighted by atomic mass is 9.84. The molecule has 2 unspecified atom stereocenters. The lowest BCUT2D eigenvalue weighted by Crippen LogP contribution is -2.26. The minimum absolute atomic E-state index is 0.258. The Kier molecular flexibility index (Phi) is 3.69. The van der Waals surface area contributed by atoms with Crippen molar-refractivity contribution in [1.29, 1.82) is 0 Å². The molecule has 0 bridgehead atoms. The summed E-state index contributed by atoms with van der Waals surface area (Å²) < 4.78 is 5.45. The van der Waals surface area contributed by atoms with Crippen LogP contribution in [-0.2, 0) is 9.53 Å². The number of hydrogen-bond acceptors (Lipinski definition) is 2. The van der Waals surface area contributed by atoms with Gasteiger partial charge in [0, 0.05) is 6.61 Å². The van der Waals surface area contributed by atoms with E-state index in [1.165, 1.54) is 6.08 Å². The molecule has 3 heteroatoms. The van der Waals surface area contributed by atoms with Crippen LogP contribution in [0.5, 0.6) is 0 Å². The van der Waals surface area contributed by atoms with E-state index in [1.807, 2.05) is 0 Å². The standard InChI is InChI=1S/C11H18O3/c1-3-11(2,10(12)13)7-6-9-5-4-8-14-9/h3,9H,1,4-8H2,2H3,(H,12,13). The van der Waals surface area contributed by atoms with Crippen LogP contribution in [0.4, 0.5) is 0 Å². The van der Waals surface area contributed by atoms with Gasteiger partial charge in [0.15, 0.2) is 0 Å². The topological polar surface area (TPSA) is 46.5 Å². The Hall–Kier alpha value is -0.830. The van der Waals surface area contributed by atoms with Gasteiger partial charge in [-0.2, -0.15) is 0 Å². The van der Waals surface area contributed by atoms with Crippen molar-refractivity contribution >= 4 is 5.97 Å². The number of rotatable bonds is 5. The van der Waals surface area contributed by atoms with E-state index in [9.17, 15) is 4.79 Å². The highest BCUT2D eigenvalue weighted by Gasteiger charge is 2.30. The summed E-state index contributed by atoms with van der Waals surface area (Å²) in [6.07, 6.45) is 5.36. The zero-order valence-corrected chi connectivity index (χ0v) is 8.66. The molecule has 0 aromatic rings. The summed E-state index contributed by atoms with van der Waals surface area (Å²) in [6.45, 7) is 6.11. The molecular formula is C11H18O3. The van der Waals surface area contributed by atoms with Crippen LogP contribution in [0.2, 0.25) is 0 Å². The van der Waals surface area contributed by atoms with Gasteiger partial charge in [-0.15, -0.1) is 6.58 Å². The highest BCUT2D eigenvalue weighted by molar-refractivity contribution is 5.76. The third kappa shape index (κ3) is 2.58. The van der Waals surface area contributed by atoms with Crippen LogP contribution in [0.1, 0.15) is 32.6 Å². The molecule has 2 atom stereocenters. The quantitative estimate of drug-likeness (QED) is 0.689. The van der Waals surface area contributed by atoms with E-state index in [2.05, 4.69) is 6.58 Å². The van der Waals surface area contributed by atoms with Crippen LogP contribution in [0, 0.1) is 5.41 Å². The second-order valence-corrected chi connectivity index (χ2v) is 4.10. The lowest BCUT2D eigenvalue weighted by Gasteiger charge is -2.21. The second kappa shape index (κ2) is 4.60. The smallest absolute Gasteiger partial charge is 0.313 e. The predicted molar refractivity (Wildman–Crippen MR) is 54.1 cm³/mol. The monoisotopic (exact) mass is 198 g/mol. The molecule has 0 aromatic carbocycles. The summed E-state index contributed by atoms with van der Waals surface area (Å²) in [5.41, 5.74) is -0.800. The summed E-state index contributed by atoms with van der Waals surface area (Å²) in [4.78, 5) is 10.9. The first-order chi connectivity index (χ1) is 6.58. The van der Waals surface area contributed by atoms with E-state index in [4.69, 9.17) is 9.84 Å². The van der Waals surface area contributed by atoms with Crippen LogP contribution in [0.25, 0.3) is 0 Å². The van der Waals surface area contributed by atoms with Gasteiger partial charge in [-0.25, -0.2) is 0 Å². The maximum atomic E-state index is 10.9. The third-order valence-corrected chi connectivity index (χ3v) is 2.95. The number of carboxylic acid groups (broad SMARTS) is 1. The van der Waals surface area contributed by atoms with E-state index in [-0.39, 0.29) is 6.10 Å². The number of hydrogen-bond donors (Lipinski definition) is 1. The SMILES string of the molecule is C=CC(C)(CCC1CCCO1)C(=O)O. The zero-order chi connectivity index (χ0) is 10.6. The highest BCUT2D eigenvalue weighted by Crippen LogP contribution is 2.28. The Bertz CT molecular complexity index is 219. The molecule has 14 heavy (non-hydrogen) atoms. The maximum Gasteiger partial charge on any atom is 0.313 e. The van der Waals surface area contributed by atoms with Crippen molar-refractivity contribution in [3.63, 3.8) is 0 Å². The van der Waals surface area contributed by atoms with E-state index in [1.54, 1.807) is 6.92 Å². The van der Waals surface area contributed by atoms with E-state index in [0.29, 0.717) is 6.42 Å². The van der Waals surface area contributed by atoms with Crippen LogP contribution >= 0.6 is 0 Å². The van der Waals surface area contributed by atoms with Gasteiger partial charge in [0.1, 0.15) is 0 Å². The molecule has 1 heterocycles. The van der Waals surface area contributed by atoms with Crippen molar-refractivity contribution in [1.82, 2.24) is 0 Å². The van der Waals surface area contributed by atoms with Gasteiger partial charge >= 0.3 is 5.97 Å². The van der Waals surface area contributed by atoms with Gasteiger partial charge in [0.25, 0.3) is 0 Å². The molecule has 1 saturated heterocycles. The first kappa shape index (κ1) is 11.2. The van der Waals surface area contributed by atoms with Crippen molar-refractivity contribution in [2.75, 3.05) is 6.61 Å². The maximum absolute atomic E-state index is 10.9. The molecule has 0 spiro atoms. The van der Waals surface area contributed by atoms with Crippen molar-refractivity contribution in [3.8, 4) is 0 Å². The van der Waals surface area contributed by atoms with Gasteiger partial charge < -0.3 is 9.84 Å². The Morgan fingerprint density at radius 1 is 1.79 bits per heavy atom. The molecule has 1 aliphatic heterocycles. The van der Waals surface area contributed by atoms with E-state index >= 15 is 0 Å². The molecule has 0 amide bonds. The zero-order valence-electron chi connectivity index (χ0n) is 8.66. The molecule has 3 nitrogen and oxygen atoms in total. The Labute approximate surface area is 84.8 Å². The largest absolute Gasteiger partial charge is 0.481 e. The number of ether oxygens (including phenoxy) is 1. The fourth-order valence-electron chi connectivity index (χ4n) is 1.63. The van der Waals surface area contributed by atoms with Gasteiger partial charge in [0.05, 0.1) is 11.5 Å². The van der Waals surface area contributed by atoms with Crippen molar-refractivity contribution < 1.29 is 14.6 Å². The minimum Gasteiger partial charge on any atom is -0.481 e. The summed E-state index contributed by atoms with van der Waals surface area (Å²) >= 11 is 0.